The molecule has 0 radical (unpaired) electrons. The molecule has 142 valence electrons. The third-order valence-electron chi connectivity index (χ3n) is 4.67. The zero-order valence-electron chi connectivity index (χ0n) is 14.9. The van der Waals surface area contributed by atoms with Crippen molar-refractivity contribution in [3.63, 3.8) is 0 Å². The van der Waals surface area contributed by atoms with Crippen LogP contribution in [0.3, 0.4) is 0 Å². The van der Waals surface area contributed by atoms with Crippen LogP contribution in [0.2, 0.25) is 5.02 Å². The first kappa shape index (κ1) is 19.1. The van der Waals surface area contributed by atoms with Crippen molar-refractivity contribution in [3.05, 3.63) is 62.8 Å². The van der Waals surface area contributed by atoms with E-state index in [1.165, 1.54) is 6.07 Å². The highest BCUT2D eigenvalue weighted by Gasteiger charge is 2.25. The molecule has 1 N–H and O–H groups in total. The Labute approximate surface area is 161 Å². The quantitative estimate of drug-likeness (QED) is 0.614. The summed E-state index contributed by atoms with van der Waals surface area (Å²) in [6.07, 6.45) is 4.73. The van der Waals surface area contributed by atoms with Gasteiger partial charge in [0, 0.05) is 35.5 Å². The monoisotopic (exact) mass is 389 g/mol. The van der Waals surface area contributed by atoms with E-state index in [9.17, 15) is 14.9 Å². The number of hydrogen-bond acceptors (Lipinski definition) is 5. The highest BCUT2D eigenvalue weighted by Crippen LogP contribution is 2.24. The Morgan fingerprint density at radius 2 is 2.00 bits per heavy atom. The van der Waals surface area contributed by atoms with Gasteiger partial charge in [-0.2, -0.15) is 0 Å². The van der Waals surface area contributed by atoms with E-state index in [2.05, 4.69) is 10.3 Å². The van der Waals surface area contributed by atoms with E-state index in [0.717, 1.165) is 25.7 Å². The van der Waals surface area contributed by atoms with Crippen molar-refractivity contribution in [1.29, 1.82) is 0 Å². The van der Waals surface area contributed by atoms with Crippen molar-refractivity contribution in [3.8, 4) is 5.88 Å². The molecule has 0 unspecified atom stereocenters. The number of ether oxygens (including phenoxy) is 1. The van der Waals surface area contributed by atoms with Crippen molar-refractivity contribution >= 4 is 23.2 Å². The first-order valence-electron chi connectivity index (χ1n) is 8.76. The standard InChI is InChI=1S/C19H20ClN3O4/c1-12-2-3-13(10-17(12)23(25)26)19(24)22-15-5-7-16(8-6-15)27-18-9-4-14(20)11-21-18/h2-4,9-11,15-16H,5-8H2,1H3,(H,22,24). The fraction of sp³-hybridized carbons (Fsp3) is 0.368. The van der Waals surface area contributed by atoms with Crippen molar-refractivity contribution in [1.82, 2.24) is 10.3 Å². The first-order valence-corrected chi connectivity index (χ1v) is 9.14. The third-order valence-corrected chi connectivity index (χ3v) is 4.89. The maximum atomic E-state index is 12.4. The fourth-order valence-corrected chi connectivity index (χ4v) is 3.26. The molecule has 1 heterocycles. The number of hydrogen-bond donors (Lipinski definition) is 1. The lowest BCUT2D eigenvalue weighted by molar-refractivity contribution is -0.385. The van der Waals surface area contributed by atoms with Crippen LogP contribution in [0.25, 0.3) is 0 Å². The average molecular weight is 390 g/mol. The van der Waals surface area contributed by atoms with Gasteiger partial charge < -0.3 is 10.1 Å². The van der Waals surface area contributed by atoms with Crippen LogP contribution in [0.4, 0.5) is 5.69 Å². The number of nitro benzene ring substituents is 1. The Kier molecular flexibility index (Phi) is 5.91. The minimum absolute atomic E-state index is 0.0240. The van der Waals surface area contributed by atoms with E-state index in [4.69, 9.17) is 16.3 Å². The number of rotatable bonds is 5. The molecule has 0 atom stereocenters. The Hall–Kier alpha value is -2.67. The van der Waals surface area contributed by atoms with Crippen molar-refractivity contribution in [2.24, 2.45) is 0 Å². The summed E-state index contributed by atoms with van der Waals surface area (Å²) >= 11 is 5.81. The summed E-state index contributed by atoms with van der Waals surface area (Å²) in [6, 6.07) is 8.02. The molecule has 27 heavy (non-hydrogen) atoms. The summed E-state index contributed by atoms with van der Waals surface area (Å²) < 4.78 is 5.85. The zero-order chi connectivity index (χ0) is 19.4. The molecular formula is C19H20ClN3O4. The van der Waals surface area contributed by atoms with Gasteiger partial charge in [0.1, 0.15) is 6.10 Å². The molecule has 0 saturated heterocycles. The number of aromatic nitrogens is 1. The maximum absolute atomic E-state index is 12.4. The zero-order valence-corrected chi connectivity index (χ0v) is 15.6. The van der Waals surface area contributed by atoms with E-state index in [0.29, 0.717) is 22.0 Å². The molecule has 0 aliphatic heterocycles. The summed E-state index contributed by atoms with van der Waals surface area (Å²) in [6.45, 7) is 1.65. The highest BCUT2D eigenvalue weighted by molar-refractivity contribution is 6.30. The molecule has 0 bridgehead atoms. The molecular weight excluding hydrogens is 370 g/mol. The fourth-order valence-electron chi connectivity index (χ4n) is 3.14. The number of amides is 1. The van der Waals surface area contributed by atoms with Crippen LogP contribution in [-0.2, 0) is 0 Å². The molecule has 3 rings (SSSR count). The van der Waals surface area contributed by atoms with Crippen LogP contribution < -0.4 is 10.1 Å². The smallest absolute Gasteiger partial charge is 0.273 e. The predicted molar refractivity (Wildman–Crippen MR) is 101 cm³/mol. The number of nitrogens with zero attached hydrogens (tertiary/aromatic N) is 2. The normalized spacial score (nSPS) is 19.3. The second kappa shape index (κ2) is 8.35. The van der Waals surface area contributed by atoms with E-state index in [1.54, 1.807) is 37.4 Å². The van der Waals surface area contributed by atoms with Gasteiger partial charge in [-0.25, -0.2) is 4.98 Å². The van der Waals surface area contributed by atoms with Crippen LogP contribution in [0.15, 0.2) is 36.5 Å². The summed E-state index contributed by atoms with van der Waals surface area (Å²) in [5.74, 6) is 0.251. The molecule has 1 aliphatic carbocycles. The lowest BCUT2D eigenvalue weighted by atomic mass is 9.92. The number of nitro groups is 1. The average Bonchev–Trinajstić information content (AvgIpc) is 2.65. The molecule has 1 fully saturated rings. The molecule has 0 spiro atoms. The lowest BCUT2D eigenvalue weighted by Crippen LogP contribution is -2.39. The number of halogens is 1. The van der Waals surface area contributed by atoms with Gasteiger partial charge in [0.2, 0.25) is 5.88 Å². The molecule has 7 nitrogen and oxygen atoms in total. The van der Waals surface area contributed by atoms with Crippen molar-refractivity contribution in [2.45, 2.75) is 44.8 Å². The predicted octanol–water partition coefficient (Wildman–Crippen LogP) is 4.07. The topological polar surface area (TPSA) is 94.4 Å². The Bertz CT molecular complexity index is 833. The summed E-state index contributed by atoms with van der Waals surface area (Å²) in [7, 11) is 0. The Balaban J connectivity index is 1.53. The summed E-state index contributed by atoms with van der Waals surface area (Å²) in [5, 5.41) is 14.6. The number of benzene rings is 1. The number of carbonyl (C=O) groups excluding carboxylic acids is 1. The summed E-state index contributed by atoms with van der Waals surface area (Å²) in [5.41, 5.74) is 0.788. The van der Waals surface area contributed by atoms with Crippen molar-refractivity contribution < 1.29 is 14.5 Å². The van der Waals surface area contributed by atoms with Gasteiger partial charge in [-0.1, -0.05) is 17.7 Å². The van der Waals surface area contributed by atoms with Gasteiger partial charge in [-0.05, 0) is 44.7 Å². The lowest BCUT2D eigenvalue weighted by Gasteiger charge is -2.29. The molecule has 1 aromatic carbocycles. The number of carbonyl (C=O) groups is 1. The van der Waals surface area contributed by atoms with Gasteiger partial charge in [0.25, 0.3) is 11.6 Å². The summed E-state index contributed by atoms with van der Waals surface area (Å²) in [4.78, 5) is 27.1. The van der Waals surface area contributed by atoms with Crippen LogP contribution in [0.1, 0.15) is 41.6 Å². The SMILES string of the molecule is Cc1ccc(C(=O)NC2CCC(Oc3ccc(Cl)cn3)CC2)cc1[N+](=O)[O-]. The third kappa shape index (κ3) is 4.95. The second-order valence-electron chi connectivity index (χ2n) is 6.64. The van der Waals surface area contributed by atoms with E-state index in [-0.39, 0.29) is 23.7 Å². The van der Waals surface area contributed by atoms with E-state index >= 15 is 0 Å². The van der Waals surface area contributed by atoms with Gasteiger partial charge in [0.15, 0.2) is 0 Å². The Morgan fingerprint density at radius 1 is 1.26 bits per heavy atom. The maximum Gasteiger partial charge on any atom is 0.273 e. The van der Waals surface area contributed by atoms with Crippen LogP contribution in [0, 0.1) is 17.0 Å². The number of pyridine rings is 1. The first-order chi connectivity index (χ1) is 12.9. The van der Waals surface area contributed by atoms with E-state index in [1.807, 2.05) is 0 Å². The largest absolute Gasteiger partial charge is 0.474 e. The van der Waals surface area contributed by atoms with Crippen molar-refractivity contribution in [2.75, 3.05) is 0 Å². The number of nitrogens with one attached hydrogen (secondary N) is 1. The molecule has 8 heteroatoms. The Morgan fingerprint density at radius 3 is 2.63 bits per heavy atom. The molecule has 2 aromatic rings. The van der Waals surface area contributed by atoms with Gasteiger partial charge in [0.05, 0.1) is 9.95 Å². The van der Waals surface area contributed by atoms with Gasteiger partial charge in [-0.15, -0.1) is 0 Å². The molecule has 1 amide bonds. The van der Waals surface area contributed by atoms with Crippen LogP contribution in [0.5, 0.6) is 5.88 Å². The minimum Gasteiger partial charge on any atom is -0.474 e. The second-order valence-corrected chi connectivity index (χ2v) is 7.07. The van der Waals surface area contributed by atoms with Gasteiger partial charge in [-0.3, -0.25) is 14.9 Å². The molecule has 1 saturated carbocycles. The molecule has 1 aromatic heterocycles. The number of aryl methyl sites for hydroxylation is 1. The highest BCUT2D eigenvalue weighted by atomic mass is 35.5. The van der Waals surface area contributed by atoms with E-state index < -0.39 is 4.92 Å². The molecule has 1 aliphatic rings. The van der Waals surface area contributed by atoms with Crippen LogP contribution in [-0.4, -0.2) is 28.0 Å². The minimum atomic E-state index is -0.473. The van der Waals surface area contributed by atoms with Crippen LogP contribution >= 0.6 is 11.6 Å². The van der Waals surface area contributed by atoms with Gasteiger partial charge >= 0.3 is 0 Å².